The highest BCUT2D eigenvalue weighted by Crippen LogP contribution is 2.43. The molecule has 17 rings (SSSR count). The fourth-order valence-electron chi connectivity index (χ4n) is 19.7. The van der Waals surface area contributed by atoms with Crippen molar-refractivity contribution in [2.75, 3.05) is 37.3 Å². The number of carbonyl (C=O) groups is 9. The van der Waals surface area contributed by atoms with Gasteiger partial charge >= 0.3 is 17.9 Å². The Morgan fingerprint density at radius 1 is 0.343 bits per heavy atom. The average Bonchev–Trinajstić information content (AvgIpc) is 0.887. The molecule has 4 heterocycles. The number of primary amides is 1. The highest BCUT2D eigenvalue weighted by Gasteiger charge is 2.40. The van der Waals surface area contributed by atoms with Crippen LogP contribution in [0.15, 0.2) is 146 Å². The van der Waals surface area contributed by atoms with E-state index in [2.05, 4.69) is 35.9 Å². The summed E-state index contributed by atoms with van der Waals surface area (Å²) in [6.07, 6.45) is 42.9. The highest BCUT2D eigenvalue weighted by atomic mass is 35.5. The van der Waals surface area contributed by atoms with E-state index in [1.807, 2.05) is 107 Å². The molecule has 4 unspecified atom stereocenters. The van der Waals surface area contributed by atoms with Gasteiger partial charge in [-0.2, -0.15) is 0 Å². The van der Waals surface area contributed by atoms with Gasteiger partial charge in [-0.05, 0) is 240 Å². The fraction of sp³-hybridized carbons (Fsp3) is 0.505. The second-order valence-electron chi connectivity index (χ2n) is 38.8. The third-order valence-corrected chi connectivity index (χ3v) is 28.7. The number of pyridine rings is 4. The molecule has 5 fully saturated rings. The molecule has 8 aromatic rings. The van der Waals surface area contributed by atoms with Gasteiger partial charge in [-0.3, -0.25) is 44.0 Å². The van der Waals surface area contributed by atoms with Crippen LogP contribution in [0.3, 0.4) is 0 Å². The number of anilines is 3. The van der Waals surface area contributed by atoms with Crippen molar-refractivity contribution < 1.29 is 92.2 Å². The first-order valence-electron chi connectivity index (χ1n) is 48.5. The number of nitrogens with zero attached hydrogens (tertiary/aromatic N) is 4. The number of methoxy groups -OCH3 is 2. The second kappa shape index (κ2) is 50.4. The first-order valence-corrected chi connectivity index (χ1v) is 48.9. The number of amides is 6. The quantitative estimate of drug-likeness (QED) is 0.0147. The number of aliphatic hydroxyl groups excluding tert-OH is 1. The lowest BCUT2D eigenvalue weighted by Gasteiger charge is -2.31. The van der Waals surface area contributed by atoms with Crippen molar-refractivity contribution in [3.8, 4) is 23.0 Å². The molecule has 736 valence electrons. The number of aryl methyl sites for hydroxylation is 4. The summed E-state index contributed by atoms with van der Waals surface area (Å²) in [6.45, 7) is 9.96. The van der Waals surface area contributed by atoms with Crippen LogP contribution >= 0.6 is 11.6 Å². The van der Waals surface area contributed by atoms with Gasteiger partial charge in [-0.1, -0.05) is 160 Å². The Bertz CT molecular complexity index is 5040. The van der Waals surface area contributed by atoms with Crippen LogP contribution < -0.4 is 51.6 Å². The van der Waals surface area contributed by atoms with E-state index in [-0.39, 0.29) is 81.6 Å². The number of hydroxylamine groups is 2. The van der Waals surface area contributed by atoms with Crippen molar-refractivity contribution in [1.29, 1.82) is 0 Å². The number of carboxylic acids is 1. The van der Waals surface area contributed by atoms with Crippen molar-refractivity contribution in [2.45, 2.75) is 297 Å². The molecule has 0 spiro atoms. The maximum Gasteiger partial charge on any atom is 0.337 e. The van der Waals surface area contributed by atoms with Gasteiger partial charge in [0.25, 0.3) is 11.8 Å². The van der Waals surface area contributed by atoms with E-state index in [9.17, 15) is 43.2 Å². The van der Waals surface area contributed by atoms with Crippen molar-refractivity contribution in [3.63, 3.8) is 0 Å². The number of ether oxygens (including phenoxy) is 6. The number of aliphatic carboxylic acids is 1. The van der Waals surface area contributed by atoms with Gasteiger partial charge < -0.3 is 60.3 Å². The maximum absolute atomic E-state index is 12.8. The Morgan fingerprint density at radius 2 is 0.599 bits per heavy atom. The fourth-order valence-corrected chi connectivity index (χ4v) is 19.8. The molecule has 4 atom stereocenters. The SMILES string of the molecule is CC1(C(=O)Nc2cc(OC3CCc4cc(C(=O)NO)ccc4C3)ccn2)CCCCC1.CC1(C(=O)Nc2cc(OC3CCc4cc(C(=O)NO)ccc4C3)ccn2)CCCCC1.CC1(C(=O)O)CCCCC1.CC1(C(N)=O)CCCCC1.CO.COC(=O)c1ccc2c(c1)CCC(Oc1ccnc(Cl)c1)C2.COC(=O)c1ccc2c(c1)CCC(Oc1ccnc(NC(=O)C3(C)CCCCC3)c1)C2. The van der Waals surface area contributed by atoms with Gasteiger partial charge in [-0.25, -0.2) is 40.5 Å². The molecule has 0 saturated heterocycles. The predicted molar refractivity (Wildman–Crippen MR) is 521 cm³/mol. The average molecular weight is 1900 g/mol. The summed E-state index contributed by atoms with van der Waals surface area (Å²) in [6, 6.07) is 36.6. The number of fused-ring (bicyclic) bond motifs is 4. The minimum atomic E-state index is -0.618. The zero-order valence-corrected chi connectivity index (χ0v) is 81.2. The Kier molecular flexibility index (Phi) is 38.8. The number of aliphatic hydroxyl groups is 1. The summed E-state index contributed by atoms with van der Waals surface area (Å²) in [5, 5.41) is 42.8. The normalized spacial score (nSPS) is 19.6. The van der Waals surface area contributed by atoms with Gasteiger partial charge in [0.05, 0.1) is 30.8 Å². The molecule has 29 nitrogen and oxygen atoms in total. The van der Waals surface area contributed by atoms with Gasteiger partial charge in [0, 0.05) is 115 Å². The van der Waals surface area contributed by atoms with Gasteiger partial charge in [0.15, 0.2) is 0 Å². The number of hydrogen-bond acceptors (Lipinski definition) is 22. The van der Waals surface area contributed by atoms with Crippen molar-refractivity contribution in [3.05, 3.63) is 218 Å². The number of aromatic nitrogens is 4. The van der Waals surface area contributed by atoms with E-state index in [0.29, 0.717) is 62.1 Å². The summed E-state index contributed by atoms with van der Waals surface area (Å²) in [5.41, 5.74) is 18.4. The molecule has 4 aromatic carbocycles. The molecule has 0 radical (unpaired) electrons. The molecule has 6 amide bonds. The molecular weight excluding hydrogens is 1760 g/mol. The van der Waals surface area contributed by atoms with E-state index in [1.165, 1.54) is 81.4 Å². The molecule has 0 bridgehead atoms. The van der Waals surface area contributed by atoms with Crippen molar-refractivity contribution in [2.24, 2.45) is 32.8 Å². The lowest BCUT2D eigenvalue weighted by molar-refractivity contribution is -0.149. The van der Waals surface area contributed by atoms with E-state index in [1.54, 1.807) is 84.3 Å². The Hall–Kier alpha value is -11.9. The van der Waals surface area contributed by atoms with Crippen molar-refractivity contribution in [1.82, 2.24) is 30.9 Å². The van der Waals surface area contributed by atoms with Crippen LogP contribution in [0.2, 0.25) is 5.15 Å². The van der Waals surface area contributed by atoms with Crippen LogP contribution in [0.4, 0.5) is 17.5 Å². The number of carbonyl (C=O) groups excluding carboxylic acids is 8. The molecule has 0 aliphatic heterocycles. The van der Waals surface area contributed by atoms with Crippen LogP contribution in [0.1, 0.15) is 307 Å². The summed E-state index contributed by atoms with van der Waals surface area (Å²) in [4.78, 5) is 123. The monoisotopic (exact) mass is 1900 g/mol. The third kappa shape index (κ3) is 30.0. The van der Waals surface area contributed by atoms with E-state index in [0.717, 1.165) is 228 Å². The molecule has 30 heteroatoms. The maximum atomic E-state index is 12.8. The molecule has 5 saturated carbocycles. The van der Waals surface area contributed by atoms with Crippen molar-refractivity contribution >= 4 is 82.4 Å². The molecule has 9 aliphatic rings. The second-order valence-corrected chi connectivity index (χ2v) is 39.2. The minimum Gasteiger partial charge on any atom is -0.490 e. The number of carboxylic acid groups (broad SMARTS) is 1. The van der Waals surface area contributed by atoms with E-state index in [4.69, 9.17) is 66.4 Å². The van der Waals surface area contributed by atoms with Gasteiger partial charge in [0.2, 0.25) is 23.6 Å². The Balaban J connectivity index is 0.000000164. The van der Waals surface area contributed by atoms with Crippen LogP contribution in [0.25, 0.3) is 0 Å². The van der Waals surface area contributed by atoms with Crippen LogP contribution in [0, 0.1) is 27.1 Å². The number of rotatable bonds is 20. The largest absolute Gasteiger partial charge is 0.490 e. The summed E-state index contributed by atoms with van der Waals surface area (Å²) < 4.78 is 34.2. The van der Waals surface area contributed by atoms with E-state index >= 15 is 0 Å². The third-order valence-electron chi connectivity index (χ3n) is 28.5. The Labute approximate surface area is 808 Å². The Morgan fingerprint density at radius 3 is 0.847 bits per heavy atom. The molecular formula is C107H137ClN10O19. The first kappa shape index (κ1) is 106. The number of esters is 2. The van der Waals surface area contributed by atoms with Crippen LogP contribution in [-0.2, 0) is 84.8 Å². The zero-order valence-electron chi connectivity index (χ0n) is 80.5. The molecule has 137 heavy (non-hydrogen) atoms. The molecule has 11 N–H and O–H groups in total. The molecule has 4 aromatic heterocycles. The molecule has 9 aliphatic carbocycles. The predicted octanol–water partition coefficient (Wildman–Crippen LogP) is 19.4. The lowest BCUT2D eigenvalue weighted by atomic mass is 9.75. The number of halogens is 1. The van der Waals surface area contributed by atoms with Gasteiger partial charge in [0.1, 0.15) is 70.0 Å². The highest BCUT2D eigenvalue weighted by molar-refractivity contribution is 6.29. The number of nitrogens with two attached hydrogens (primary N) is 1. The summed E-state index contributed by atoms with van der Waals surface area (Å²) in [5.74, 6) is 2.14. The van der Waals surface area contributed by atoms with E-state index < -0.39 is 23.2 Å². The van der Waals surface area contributed by atoms with Crippen LogP contribution in [-0.4, -0.2) is 140 Å². The van der Waals surface area contributed by atoms with Gasteiger partial charge in [-0.15, -0.1) is 0 Å². The topological polar surface area (TPSA) is 428 Å². The number of benzene rings is 4. The summed E-state index contributed by atoms with van der Waals surface area (Å²) in [7, 11) is 3.79. The minimum absolute atomic E-state index is 0.00633. The zero-order chi connectivity index (χ0) is 98.3. The van der Waals surface area contributed by atoms with Crippen LogP contribution in [0.5, 0.6) is 23.0 Å². The first-order chi connectivity index (χ1) is 65.8. The lowest BCUT2D eigenvalue weighted by Crippen LogP contribution is -2.35. The standard InChI is InChI=1S/C25H30N2O4.2C24H29N3O4.C17H16ClNO3.C8H15NO.C8H14O2.CH4O/c1-25(11-4-3-5-12-25)24(29)27-22-16-21(10-13-26-22)31-20-9-8-17-14-19(23(28)30-2)7-6-18(17)15-20;2*1-24(10-3-2-4-11-24)23(29)26-21-15-20(9-12-25-21)31-19-8-7-16-13-18(22(28)27-30)6-5-17(16)14-19;1-21-17(20)13-3-2-12-9-14(5-4-11(12)8-13)22-15-6-7-19-16(18)10-15;2*1-8(7(9)10)5-3-2-4-6-8;1-2/h6-7,10,13-14,16,20H,3-5,8-9,11-12,15H2,1-2H3,(H,26,27,29);2*5-6,9,12-13,15,19,30H,2-4,7-8,10-11,14H2,1H3,(H,27,28)(H,25,26,29);2-3,6-8,10,14H,4-5,9H2,1H3;2-6H2,1H3,(H2,9,10);2-6H2,1H3,(H,9,10);2H,1H3. The number of hydrogen-bond donors (Lipinski definition) is 10. The summed E-state index contributed by atoms with van der Waals surface area (Å²) >= 11 is 5.87. The smallest absolute Gasteiger partial charge is 0.337 e. The number of nitrogens with one attached hydrogen (secondary N) is 5.